The van der Waals surface area contributed by atoms with E-state index in [-0.39, 0.29) is 0 Å². The molecular formula is C32H50O8Sn2. The van der Waals surface area contributed by atoms with Gasteiger partial charge in [-0.2, -0.15) is 0 Å². The van der Waals surface area contributed by atoms with E-state index in [1.54, 1.807) is 96.3 Å². The molecule has 0 spiro atoms. The van der Waals surface area contributed by atoms with Crippen molar-refractivity contribution in [2.75, 3.05) is 0 Å². The zero-order valence-electron chi connectivity index (χ0n) is 26.0. The summed E-state index contributed by atoms with van der Waals surface area (Å²) in [5.41, 5.74) is 0. The van der Waals surface area contributed by atoms with Gasteiger partial charge in [-0.25, -0.2) is 0 Å². The molecule has 3 aliphatic rings. The molecule has 0 heterocycles. The third-order valence-corrected chi connectivity index (χ3v) is 21.0. The first kappa shape index (κ1) is 42.8. The normalized spacial score (nSPS) is 16.7. The van der Waals surface area contributed by atoms with E-state index in [0.29, 0.717) is 0 Å². The molecule has 0 aliphatic heterocycles. The van der Waals surface area contributed by atoms with Crippen molar-refractivity contribution in [1.29, 1.82) is 0 Å². The van der Waals surface area contributed by atoms with Gasteiger partial charge in [-0.05, 0) is 27.7 Å². The molecule has 8 nitrogen and oxygen atoms in total. The van der Waals surface area contributed by atoms with E-state index in [1.165, 1.54) is 37.9 Å². The van der Waals surface area contributed by atoms with Crippen molar-refractivity contribution in [1.82, 2.24) is 0 Å². The van der Waals surface area contributed by atoms with Crippen molar-refractivity contribution < 1.29 is 39.6 Å². The van der Waals surface area contributed by atoms with Crippen LogP contribution in [0.3, 0.4) is 0 Å². The Kier molecular flexibility index (Phi) is 29.0. The van der Waals surface area contributed by atoms with E-state index in [9.17, 15) is 0 Å². The number of aliphatic carboxylic acids is 4. The molecule has 1 aromatic rings. The Bertz CT molecular complexity index is 725. The molecule has 0 aromatic heterocycles. The molecule has 3 saturated carbocycles. The molecule has 3 fully saturated rings. The zero-order valence-corrected chi connectivity index (χ0v) is 31.7. The molecule has 0 N–H and O–H groups in total. The average molecular weight is 800 g/mol. The molecule has 0 bridgehead atoms. The van der Waals surface area contributed by atoms with Crippen LogP contribution in [0, 0.1) is 0 Å². The number of hydrogen-bond acceptors (Lipinski definition) is 8. The molecule has 0 saturated heterocycles. The fourth-order valence-electron chi connectivity index (χ4n) is 5.75. The first-order valence-electron chi connectivity index (χ1n) is 15.1. The molecule has 0 unspecified atom stereocenters. The summed E-state index contributed by atoms with van der Waals surface area (Å²) in [5.74, 6) is -4.33. The average Bonchev–Trinajstić information content (AvgIpc) is 2.90. The zero-order chi connectivity index (χ0) is 32.3. The molecule has 1 aromatic carbocycles. The minimum absolute atomic E-state index is 0.972. The van der Waals surface area contributed by atoms with E-state index in [0.717, 1.165) is 27.7 Å². The monoisotopic (exact) mass is 802 g/mol. The van der Waals surface area contributed by atoms with Crippen LogP contribution in [-0.2, 0) is 19.2 Å². The van der Waals surface area contributed by atoms with Crippen LogP contribution in [0.1, 0.15) is 124 Å². The van der Waals surface area contributed by atoms with E-state index < -0.39 is 43.6 Å². The van der Waals surface area contributed by atoms with Crippen LogP contribution in [0.5, 0.6) is 0 Å². The second kappa shape index (κ2) is 28.5. The Morgan fingerprint density at radius 2 is 0.738 bits per heavy atom. The van der Waals surface area contributed by atoms with Gasteiger partial charge < -0.3 is 39.6 Å². The summed E-state index contributed by atoms with van der Waals surface area (Å²) >= 11 is 0.343. The van der Waals surface area contributed by atoms with Gasteiger partial charge in [0, 0.05) is 23.9 Å². The quantitative estimate of drug-likeness (QED) is 0.420. The van der Waals surface area contributed by atoms with Gasteiger partial charge in [0.05, 0.1) is 0 Å². The van der Waals surface area contributed by atoms with Crippen LogP contribution in [0.2, 0.25) is 11.8 Å². The van der Waals surface area contributed by atoms with E-state index in [2.05, 4.69) is 24.3 Å². The fraction of sp³-hybridized carbons (Fsp3) is 0.688. The van der Waals surface area contributed by atoms with Gasteiger partial charge in [-0.1, -0.05) is 0 Å². The maximum atomic E-state index is 8.89. The van der Waals surface area contributed by atoms with Crippen LogP contribution in [0.4, 0.5) is 0 Å². The second-order valence-corrected chi connectivity index (χ2v) is 22.3. The maximum absolute atomic E-state index is 8.89. The predicted molar refractivity (Wildman–Crippen MR) is 161 cm³/mol. The van der Waals surface area contributed by atoms with Crippen molar-refractivity contribution in [2.24, 2.45) is 0 Å². The Morgan fingerprint density at radius 3 is 0.905 bits per heavy atom. The van der Waals surface area contributed by atoms with Gasteiger partial charge in [0.2, 0.25) is 0 Å². The first-order chi connectivity index (χ1) is 19.8. The van der Waals surface area contributed by atoms with Gasteiger partial charge in [0.25, 0.3) is 0 Å². The van der Waals surface area contributed by atoms with E-state index in [1.807, 2.05) is 6.07 Å². The Morgan fingerprint density at radius 1 is 0.524 bits per heavy atom. The number of carbonyl (C=O) groups is 4. The number of rotatable bonds is 3. The SMILES string of the molecule is C1CC[CH]([Sn+]([CH]2CCCCC2)[CH]2CCCCC2)CC1.CC(=O)[O-].CC(=O)[O-].CC(=O)[O-].CC(=O)[O-].[Sn+3][c]1ccccc1. The molecule has 0 amide bonds. The number of carboxylic acid groups (broad SMARTS) is 4. The van der Waals surface area contributed by atoms with E-state index in [4.69, 9.17) is 39.6 Å². The Labute approximate surface area is 273 Å². The summed E-state index contributed by atoms with van der Waals surface area (Å²) in [6, 6.07) is 10.4. The van der Waals surface area contributed by atoms with Crippen molar-refractivity contribution in [3.8, 4) is 0 Å². The topological polar surface area (TPSA) is 161 Å². The Balaban J connectivity index is 0. The van der Waals surface area contributed by atoms with Crippen LogP contribution >= 0.6 is 0 Å². The molecule has 10 heteroatoms. The fourth-order valence-corrected chi connectivity index (χ4v) is 21.2. The molecule has 0 atom stereocenters. The minimum atomic E-state index is -1.15. The van der Waals surface area contributed by atoms with Crippen LogP contribution in [-0.4, -0.2) is 66.2 Å². The molecule has 0 radical (unpaired) electrons. The van der Waals surface area contributed by atoms with Gasteiger partial charge in [0.1, 0.15) is 0 Å². The predicted octanol–water partition coefficient (Wildman–Crippen LogP) is 1.99. The third-order valence-electron chi connectivity index (χ3n) is 7.00. The van der Waals surface area contributed by atoms with Gasteiger partial charge in [0.15, 0.2) is 0 Å². The number of benzene rings is 1. The second-order valence-electron chi connectivity index (χ2n) is 10.8. The van der Waals surface area contributed by atoms with Gasteiger partial charge in [-0.3, -0.25) is 0 Å². The summed E-state index contributed by atoms with van der Waals surface area (Å²) in [5, 5.41) is 35.6. The van der Waals surface area contributed by atoms with Crippen LogP contribution < -0.4 is 24.0 Å². The van der Waals surface area contributed by atoms with Crippen molar-refractivity contribution in [2.45, 2.75) is 136 Å². The first-order valence-corrected chi connectivity index (χ1v) is 21.5. The summed E-state index contributed by atoms with van der Waals surface area (Å²) in [6.07, 6.45) is 24.2. The van der Waals surface area contributed by atoms with Gasteiger partial charge in [-0.15, -0.1) is 0 Å². The van der Waals surface area contributed by atoms with Gasteiger partial charge >= 0.3 is 184 Å². The molecular weight excluding hydrogens is 750 g/mol. The molecule has 234 valence electrons. The van der Waals surface area contributed by atoms with Crippen LogP contribution in [0.25, 0.3) is 0 Å². The van der Waals surface area contributed by atoms with E-state index >= 15 is 0 Å². The number of carboxylic acids is 4. The number of carbonyl (C=O) groups excluding carboxylic acids is 4. The van der Waals surface area contributed by atoms with Crippen molar-refractivity contribution in [3.05, 3.63) is 30.3 Å². The summed E-state index contributed by atoms with van der Waals surface area (Å²) in [6.45, 7) is 3.89. The van der Waals surface area contributed by atoms with Crippen LogP contribution in [0.15, 0.2) is 30.3 Å². The summed E-state index contributed by atoms with van der Waals surface area (Å²) < 4.78 is 5.38. The van der Waals surface area contributed by atoms with Crippen molar-refractivity contribution in [3.63, 3.8) is 0 Å². The number of hydrogen-bond donors (Lipinski definition) is 0. The molecule has 42 heavy (non-hydrogen) atoms. The summed E-state index contributed by atoms with van der Waals surface area (Å²) in [7, 11) is 0. The van der Waals surface area contributed by atoms with Crippen molar-refractivity contribution >= 4 is 69.7 Å². The Hall–Kier alpha value is -1.30. The standard InChI is InChI=1S/3C6H11.C6H5.4C2H4O2.2Sn/c4*1-2-4-6-5-3-1;4*1-2(3)4;;/h3*1H,2-6H2;1-5H;4*1H3,(H,3,4);;/q;;;;;;;;+1;+3/p-4. The molecule has 3 aliphatic carbocycles. The molecule has 4 rings (SSSR count). The third kappa shape index (κ3) is 30.2. The summed E-state index contributed by atoms with van der Waals surface area (Å²) in [4.78, 5) is 35.6.